The van der Waals surface area contributed by atoms with Crippen LogP contribution in [0, 0.1) is 5.92 Å². The van der Waals surface area contributed by atoms with Gasteiger partial charge in [-0.1, -0.05) is 19.3 Å². The predicted octanol–water partition coefficient (Wildman–Crippen LogP) is 2.75. The average Bonchev–Trinajstić information content (AvgIpc) is 3.25. The van der Waals surface area contributed by atoms with Gasteiger partial charge < -0.3 is 10.6 Å². The third-order valence-corrected chi connectivity index (χ3v) is 5.80. The molecule has 0 aromatic carbocycles. The quantitative estimate of drug-likeness (QED) is 0.378. The molecule has 2 fully saturated rings. The van der Waals surface area contributed by atoms with Gasteiger partial charge in [0.25, 0.3) is 0 Å². The minimum Gasteiger partial charge on any atom is -0.355 e. The lowest BCUT2D eigenvalue weighted by Gasteiger charge is -2.31. The molecule has 1 saturated carbocycles. The Morgan fingerprint density at radius 1 is 1.19 bits per heavy atom. The van der Waals surface area contributed by atoms with Crippen molar-refractivity contribution in [2.45, 2.75) is 57.5 Å². The number of likely N-dealkylation sites (tertiary alicyclic amines) is 1. The van der Waals surface area contributed by atoms with Crippen LogP contribution < -0.4 is 10.6 Å². The SMILES string of the molecule is CN=C(NCc1ccnn1C)NCC1CCCN1CC1CCCCC1.I. The number of hydrogen-bond acceptors (Lipinski definition) is 3. The molecule has 1 saturated heterocycles. The molecular formula is C19H35IN6. The van der Waals surface area contributed by atoms with E-state index in [0.29, 0.717) is 6.04 Å². The molecule has 1 aliphatic carbocycles. The van der Waals surface area contributed by atoms with E-state index in [-0.39, 0.29) is 24.0 Å². The predicted molar refractivity (Wildman–Crippen MR) is 118 cm³/mol. The molecule has 3 rings (SSSR count). The maximum absolute atomic E-state index is 4.37. The van der Waals surface area contributed by atoms with Crippen LogP contribution in [-0.4, -0.2) is 53.4 Å². The Bertz CT molecular complexity index is 552. The summed E-state index contributed by atoms with van der Waals surface area (Å²) in [5.41, 5.74) is 1.16. The van der Waals surface area contributed by atoms with Gasteiger partial charge in [0.1, 0.15) is 0 Å². The van der Waals surface area contributed by atoms with Crippen LogP contribution in [0.5, 0.6) is 0 Å². The second-order valence-corrected chi connectivity index (χ2v) is 7.55. The lowest BCUT2D eigenvalue weighted by atomic mass is 9.89. The zero-order chi connectivity index (χ0) is 17.5. The van der Waals surface area contributed by atoms with E-state index >= 15 is 0 Å². The van der Waals surface area contributed by atoms with E-state index in [0.717, 1.165) is 30.7 Å². The molecule has 0 radical (unpaired) electrons. The Kier molecular flexibility index (Phi) is 9.18. The van der Waals surface area contributed by atoms with Crippen LogP contribution in [-0.2, 0) is 13.6 Å². The van der Waals surface area contributed by atoms with Crippen LogP contribution in [0.3, 0.4) is 0 Å². The molecule has 2 aliphatic rings. The molecule has 148 valence electrons. The molecule has 1 unspecified atom stereocenters. The van der Waals surface area contributed by atoms with Crippen LogP contribution in [0.25, 0.3) is 0 Å². The molecule has 6 nitrogen and oxygen atoms in total. The number of hydrogen-bond donors (Lipinski definition) is 2. The molecule has 1 atom stereocenters. The highest BCUT2D eigenvalue weighted by Gasteiger charge is 2.27. The van der Waals surface area contributed by atoms with Gasteiger partial charge in [-0.15, -0.1) is 24.0 Å². The minimum atomic E-state index is 0. The van der Waals surface area contributed by atoms with Gasteiger partial charge in [-0.25, -0.2) is 0 Å². The summed E-state index contributed by atoms with van der Waals surface area (Å²) in [5.74, 6) is 1.81. The molecule has 0 spiro atoms. The lowest BCUT2D eigenvalue weighted by Crippen LogP contribution is -2.45. The molecule has 26 heavy (non-hydrogen) atoms. The smallest absolute Gasteiger partial charge is 0.191 e. The second-order valence-electron chi connectivity index (χ2n) is 7.55. The number of nitrogens with one attached hydrogen (secondary N) is 2. The third kappa shape index (κ3) is 6.11. The summed E-state index contributed by atoms with van der Waals surface area (Å²) >= 11 is 0. The monoisotopic (exact) mass is 474 g/mol. The largest absolute Gasteiger partial charge is 0.355 e. The Morgan fingerprint density at radius 2 is 2.00 bits per heavy atom. The summed E-state index contributed by atoms with van der Waals surface area (Å²) in [6.07, 6.45) is 11.7. The van der Waals surface area contributed by atoms with Crippen molar-refractivity contribution in [2.75, 3.05) is 26.7 Å². The number of nitrogens with zero attached hydrogens (tertiary/aromatic N) is 4. The van der Waals surface area contributed by atoms with Gasteiger partial charge in [0.15, 0.2) is 5.96 Å². The van der Waals surface area contributed by atoms with Gasteiger partial charge in [-0.2, -0.15) is 5.10 Å². The summed E-state index contributed by atoms with van der Waals surface area (Å²) in [6.45, 7) is 4.29. The van der Waals surface area contributed by atoms with Crippen molar-refractivity contribution < 1.29 is 0 Å². The van der Waals surface area contributed by atoms with Crippen molar-refractivity contribution in [1.29, 1.82) is 0 Å². The average molecular weight is 474 g/mol. The van der Waals surface area contributed by atoms with Crippen molar-refractivity contribution in [3.8, 4) is 0 Å². The molecule has 1 aromatic rings. The second kappa shape index (κ2) is 11.1. The van der Waals surface area contributed by atoms with Crippen LogP contribution in [0.15, 0.2) is 17.3 Å². The number of halogens is 1. The van der Waals surface area contributed by atoms with E-state index in [1.165, 1.54) is 58.0 Å². The summed E-state index contributed by atoms with van der Waals surface area (Å²) in [5, 5.41) is 11.1. The first-order valence-electron chi connectivity index (χ1n) is 9.91. The molecule has 2 N–H and O–H groups in total. The Labute approximate surface area is 175 Å². The number of aromatic nitrogens is 2. The van der Waals surface area contributed by atoms with Crippen LogP contribution in [0.4, 0.5) is 0 Å². The van der Waals surface area contributed by atoms with Gasteiger partial charge >= 0.3 is 0 Å². The van der Waals surface area contributed by atoms with Crippen molar-refractivity contribution in [2.24, 2.45) is 18.0 Å². The van der Waals surface area contributed by atoms with E-state index in [1.807, 2.05) is 31.0 Å². The molecule has 0 amide bonds. The number of aryl methyl sites for hydroxylation is 1. The summed E-state index contributed by atoms with van der Waals surface area (Å²) in [6, 6.07) is 2.68. The molecule has 7 heteroatoms. The fourth-order valence-electron chi connectivity index (χ4n) is 4.25. The Balaban J connectivity index is 0.00000243. The standard InChI is InChI=1S/C19H34N6.HI/c1-20-19(21-13-17-10-11-23-24(17)2)22-14-18-9-6-12-25(18)15-16-7-4-3-5-8-16;/h10-11,16,18H,3-9,12-15H2,1-2H3,(H2,20,21,22);1H. The number of guanidine groups is 1. The fraction of sp³-hybridized carbons (Fsp3) is 0.789. The molecule has 2 heterocycles. The Morgan fingerprint density at radius 3 is 2.69 bits per heavy atom. The molecule has 1 aromatic heterocycles. The van der Waals surface area contributed by atoms with E-state index in [9.17, 15) is 0 Å². The number of aliphatic imine (C=N–C) groups is 1. The summed E-state index contributed by atoms with van der Waals surface area (Å²) < 4.78 is 1.89. The molecule has 0 bridgehead atoms. The van der Waals surface area contributed by atoms with E-state index in [1.54, 1.807) is 0 Å². The van der Waals surface area contributed by atoms with E-state index < -0.39 is 0 Å². The van der Waals surface area contributed by atoms with Gasteiger partial charge in [0.05, 0.1) is 12.2 Å². The van der Waals surface area contributed by atoms with E-state index in [4.69, 9.17) is 0 Å². The van der Waals surface area contributed by atoms with E-state index in [2.05, 4.69) is 25.6 Å². The van der Waals surface area contributed by atoms with Crippen molar-refractivity contribution in [1.82, 2.24) is 25.3 Å². The highest BCUT2D eigenvalue weighted by atomic mass is 127. The molecular weight excluding hydrogens is 439 g/mol. The third-order valence-electron chi connectivity index (χ3n) is 5.80. The Hall–Kier alpha value is -0.830. The lowest BCUT2D eigenvalue weighted by molar-refractivity contribution is 0.188. The maximum atomic E-state index is 4.37. The van der Waals surface area contributed by atoms with Crippen molar-refractivity contribution in [3.05, 3.63) is 18.0 Å². The first-order valence-corrected chi connectivity index (χ1v) is 9.91. The van der Waals surface area contributed by atoms with Crippen LogP contribution in [0.2, 0.25) is 0 Å². The van der Waals surface area contributed by atoms with Crippen molar-refractivity contribution in [3.63, 3.8) is 0 Å². The highest BCUT2D eigenvalue weighted by Crippen LogP contribution is 2.27. The first kappa shape index (κ1) is 21.5. The van der Waals surface area contributed by atoms with Gasteiger partial charge in [0.2, 0.25) is 0 Å². The van der Waals surface area contributed by atoms with Crippen LogP contribution in [0.1, 0.15) is 50.6 Å². The number of rotatable bonds is 6. The topological polar surface area (TPSA) is 57.5 Å². The van der Waals surface area contributed by atoms with Crippen molar-refractivity contribution >= 4 is 29.9 Å². The zero-order valence-electron chi connectivity index (χ0n) is 16.3. The van der Waals surface area contributed by atoms with Crippen LogP contribution >= 0.6 is 24.0 Å². The van der Waals surface area contributed by atoms with Gasteiger partial charge in [-0.3, -0.25) is 14.6 Å². The van der Waals surface area contributed by atoms with Gasteiger partial charge in [-0.05, 0) is 44.2 Å². The summed E-state index contributed by atoms with van der Waals surface area (Å²) in [4.78, 5) is 7.08. The minimum absolute atomic E-state index is 0. The maximum Gasteiger partial charge on any atom is 0.191 e. The fourth-order valence-corrected chi connectivity index (χ4v) is 4.25. The zero-order valence-corrected chi connectivity index (χ0v) is 18.6. The first-order chi connectivity index (χ1) is 12.3. The summed E-state index contributed by atoms with van der Waals surface area (Å²) in [7, 11) is 3.81. The molecule has 1 aliphatic heterocycles. The highest BCUT2D eigenvalue weighted by molar-refractivity contribution is 14.0. The van der Waals surface area contributed by atoms with Gasteiger partial charge in [0, 0.05) is 39.4 Å². The normalized spacial score (nSPS) is 22.2.